The van der Waals surface area contributed by atoms with Crippen LogP contribution < -0.4 is 0 Å². The molecule has 4 aromatic heterocycles. The number of aromatic nitrogens is 8. The summed E-state index contributed by atoms with van der Waals surface area (Å²) in [6.07, 6.45) is 13.6. The van der Waals surface area contributed by atoms with E-state index in [1.54, 1.807) is 61.5 Å². The molecule has 14 nitrogen and oxygen atoms in total. The smallest absolute Gasteiger partial charge is 0.232 e. The minimum absolute atomic E-state index is 0.0366. The van der Waals surface area contributed by atoms with Crippen molar-refractivity contribution in [3.05, 3.63) is 131 Å². The number of aryl methyl sites for hydroxylation is 2. The Morgan fingerprint density at radius 1 is 0.649 bits per heavy atom. The van der Waals surface area contributed by atoms with Gasteiger partial charge >= 0.3 is 0 Å². The zero-order valence-electron chi connectivity index (χ0n) is 46.4. The summed E-state index contributed by atoms with van der Waals surface area (Å²) in [5, 5.41) is 14.3. The lowest BCUT2D eigenvalue weighted by Gasteiger charge is -2.49. The van der Waals surface area contributed by atoms with E-state index in [-0.39, 0.29) is 57.6 Å². The molecule has 4 atom stereocenters. The van der Waals surface area contributed by atoms with Crippen LogP contribution in [0.25, 0.3) is 23.5 Å². The highest BCUT2D eigenvalue weighted by atomic mass is 32.2. The summed E-state index contributed by atoms with van der Waals surface area (Å²) >= 11 is 0. The molecular formula is C56H73F3N8O6S2Si2. The molecule has 4 heterocycles. The maximum absolute atomic E-state index is 16.8. The maximum Gasteiger partial charge on any atom is 0.232 e. The van der Waals surface area contributed by atoms with Crippen LogP contribution in [-0.2, 0) is 55.5 Å². The third kappa shape index (κ3) is 10.6. The van der Waals surface area contributed by atoms with Crippen molar-refractivity contribution in [2.45, 2.75) is 149 Å². The van der Waals surface area contributed by atoms with Crippen LogP contribution in [0.15, 0.2) is 107 Å². The minimum atomic E-state index is -4.36. The molecule has 6 aromatic rings. The predicted octanol–water partition coefficient (Wildman–Crippen LogP) is 11.7. The summed E-state index contributed by atoms with van der Waals surface area (Å²) in [6, 6.07) is 15.4. The van der Waals surface area contributed by atoms with E-state index in [4.69, 9.17) is 8.85 Å². The number of nitrogens with zero attached hydrogens (tertiary/aromatic N) is 8. The SMILES string of the molecule is Cn1ccc(S(=O)(=O)[C@@]2(F)CCC3=Cc4c(cnn4-c4ccc(F)cc4)C[C@]3(CO[Si](C)(C)C(C)(C)C)C2)n1.Cn1ccc(S(=O)(=O)[C@H]2CCC3=Cc4c(cnn4-c4ccc(F)cc4)C[C@]3(CO[Si](C)(C)C(C)(C)C)C2)n1. The first kappa shape index (κ1) is 56.5. The molecule has 0 saturated heterocycles. The maximum atomic E-state index is 16.8. The number of benzene rings is 2. The molecular weight excluding hydrogens is 1060 g/mol. The number of hydrogen-bond donors (Lipinski definition) is 0. The Bertz CT molecular complexity index is 3480. The molecule has 4 aliphatic carbocycles. The second-order valence-electron chi connectivity index (χ2n) is 24.9. The van der Waals surface area contributed by atoms with Gasteiger partial charge in [-0.15, -0.1) is 0 Å². The molecule has 414 valence electrons. The summed E-state index contributed by atoms with van der Waals surface area (Å²) in [4.78, 5) is 0. The van der Waals surface area contributed by atoms with Crippen LogP contribution >= 0.6 is 0 Å². The summed E-state index contributed by atoms with van der Waals surface area (Å²) in [5.74, 6) is -0.622. The van der Waals surface area contributed by atoms with Crippen LogP contribution in [0.4, 0.5) is 13.2 Å². The van der Waals surface area contributed by atoms with Crippen molar-refractivity contribution >= 4 is 48.5 Å². The van der Waals surface area contributed by atoms with E-state index in [1.165, 1.54) is 51.5 Å². The molecule has 4 aliphatic rings. The summed E-state index contributed by atoms with van der Waals surface area (Å²) in [6.45, 7) is 22.5. The standard InChI is InChI=1S/C28H36F2N4O3SSi.C28H37FN4O3SSi/c1-26(2,3)39(5,6)37-19-27-16-20-17-31-34(23-9-7-22(29)8-10-23)24(20)15-21(27)11-13-28(30,18-27)38(35,36)25-12-14-33(4)32-25;1-27(2,3)38(5,6)36-19-28-16-20-18-30-33(23-10-8-22(29)9-11-23)25(20)15-21(28)7-12-24(17-28)37(34,35)26-13-14-32(4)31-26/h7-10,12,14-15,17H,11,13,16,18-19H2,1-6H3;8-11,13-15,18,24H,7,12,16-17,19H2,1-6H3/t27-,28+;24-,28+/m10/s1. The summed E-state index contributed by atoms with van der Waals surface area (Å²) in [7, 11) is -8.93. The van der Waals surface area contributed by atoms with Gasteiger partial charge in [-0.1, -0.05) is 52.7 Å². The first-order valence-corrected chi connectivity index (χ1v) is 35.2. The van der Waals surface area contributed by atoms with Gasteiger partial charge in [0.05, 0.1) is 40.4 Å². The van der Waals surface area contributed by atoms with E-state index in [0.29, 0.717) is 44.4 Å². The second kappa shape index (κ2) is 19.9. The molecule has 77 heavy (non-hydrogen) atoms. The zero-order chi connectivity index (χ0) is 55.9. The molecule has 0 spiro atoms. The normalized spacial score (nSPS) is 22.9. The predicted molar refractivity (Wildman–Crippen MR) is 298 cm³/mol. The fraction of sp³-hybridized carbons (Fsp3) is 0.500. The number of alkyl halides is 1. The highest BCUT2D eigenvalue weighted by Crippen LogP contribution is 2.56. The lowest BCUT2D eigenvalue weighted by Crippen LogP contribution is -2.51. The number of hydrogen-bond acceptors (Lipinski definition) is 10. The van der Waals surface area contributed by atoms with Crippen molar-refractivity contribution in [2.24, 2.45) is 24.9 Å². The van der Waals surface area contributed by atoms with Gasteiger partial charge in [-0.05, 0) is 159 Å². The van der Waals surface area contributed by atoms with Crippen LogP contribution in [0.3, 0.4) is 0 Å². The topological polar surface area (TPSA) is 158 Å². The van der Waals surface area contributed by atoms with Crippen molar-refractivity contribution in [1.82, 2.24) is 39.1 Å². The van der Waals surface area contributed by atoms with Crippen LogP contribution in [0, 0.1) is 22.5 Å². The lowest BCUT2D eigenvalue weighted by molar-refractivity contribution is 0.0713. The second-order valence-corrected chi connectivity index (χ2v) is 38.8. The summed E-state index contributed by atoms with van der Waals surface area (Å²) < 4.78 is 118. The van der Waals surface area contributed by atoms with E-state index < -0.39 is 57.4 Å². The molecule has 2 fully saturated rings. The monoisotopic (exact) mass is 1130 g/mol. The Morgan fingerprint density at radius 3 is 1.55 bits per heavy atom. The Kier molecular flexibility index (Phi) is 14.6. The van der Waals surface area contributed by atoms with Crippen molar-refractivity contribution in [3.63, 3.8) is 0 Å². The van der Waals surface area contributed by atoms with Crippen molar-refractivity contribution in [1.29, 1.82) is 0 Å². The number of halogens is 3. The Hall–Kier alpha value is -5.20. The third-order valence-corrected chi connectivity index (χ3v) is 30.7. The van der Waals surface area contributed by atoms with E-state index in [1.807, 2.05) is 17.0 Å². The average molecular weight is 1130 g/mol. The van der Waals surface area contributed by atoms with Gasteiger partial charge in [-0.3, -0.25) is 9.36 Å². The van der Waals surface area contributed by atoms with E-state index in [9.17, 15) is 25.6 Å². The van der Waals surface area contributed by atoms with Crippen LogP contribution in [0.5, 0.6) is 0 Å². The fourth-order valence-corrected chi connectivity index (χ4v) is 16.4. The van der Waals surface area contributed by atoms with Gasteiger partial charge in [0.25, 0.3) is 0 Å². The van der Waals surface area contributed by atoms with Gasteiger partial charge in [0.2, 0.25) is 14.8 Å². The van der Waals surface area contributed by atoms with Crippen LogP contribution in [-0.4, -0.2) is 96.1 Å². The lowest BCUT2D eigenvalue weighted by atomic mass is 9.64. The minimum Gasteiger partial charge on any atom is -0.416 e. The molecule has 0 amide bonds. The number of sulfone groups is 2. The van der Waals surface area contributed by atoms with Gasteiger partial charge in [-0.2, -0.15) is 20.4 Å². The molecule has 0 aliphatic heterocycles. The first-order chi connectivity index (χ1) is 35.8. The molecule has 0 radical (unpaired) electrons. The largest absolute Gasteiger partial charge is 0.416 e. The van der Waals surface area contributed by atoms with Gasteiger partial charge in [0.15, 0.2) is 36.5 Å². The van der Waals surface area contributed by atoms with Crippen LogP contribution in [0.2, 0.25) is 36.3 Å². The Morgan fingerprint density at radius 2 is 1.09 bits per heavy atom. The molecule has 10 rings (SSSR count). The van der Waals surface area contributed by atoms with Crippen LogP contribution in [0.1, 0.15) is 103 Å². The van der Waals surface area contributed by atoms with Gasteiger partial charge in [-0.25, -0.2) is 39.4 Å². The molecule has 0 N–H and O–H groups in total. The average Bonchev–Trinajstić information content (AvgIpc) is 4.26. The summed E-state index contributed by atoms with van der Waals surface area (Å²) in [5.41, 5.74) is 6.13. The Labute approximate surface area is 453 Å². The number of rotatable bonds is 12. The number of fused-ring (bicyclic) bond motifs is 4. The van der Waals surface area contributed by atoms with Crippen molar-refractivity contribution in [2.75, 3.05) is 13.2 Å². The quantitative estimate of drug-likeness (QED) is 0.108. The fourth-order valence-electron chi connectivity index (χ4n) is 10.8. The van der Waals surface area contributed by atoms with E-state index >= 15 is 4.39 Å². The highest BCUT2D eigenvalue weighted by molar-refractivity contribution is 7.92. The molecule has 2 aromatic carbocycles. The van der Waals surface area contributed by atoms with Gasteiger partial charge < -0.3 is 8.85 Å². The zero-order valence-corrected chi connectivity index (χ0v) is 50.0. The van der Waals surface area contributed by atoms with Gasteiger partial charge in [0, 0.05) is 63.4 Å². The van der Waals surface area contributed by atoms with E-state index in [0.717, 1.165) is 33.8 Å². The van der Waals surface area contributed by atoms with Crippen molar-refractivity contribution < 1.29 is 38.9 Å². The molecule has 21 heteroatoms. The first-order valence-electron chi connectivity index (χ1n) is 26.3. The van der Waals surface area contributed by atoms with Crippen molar-refractivity contribution in [3.8, 4) is 11.4 Å². The Balaban J connectivity index is 0.000000188. The third-order valence-electron chi connectivity index (χ3n) is 17.6. The molecule has 0 unspecified atom stereocenters. The molecule has 0 bridgehead atoms. The van der Waals surface area contributed by atoms with E-state index in [2.05, 4.69) is 94.2 Å². The highest BCUT2D eigenvalue weighted by Gasteiger charge is 2.58. The van der Waals surface area contributed by atoms with Gasteiger partial charge in [0.1, 0.15) is 11.6 Å². The molecule has 2 saturated carbocycles.